The lowest BCUT2D eigenvalue weighted by Crippen LogP contribution is -2.09. The van der Waals surface area contributed by atoms with Gasteiger partial charge in [-0.15, -0.1) is 0 Å². The van der Waals surface area contributed by atoms with Gasteiger partial charge >= 0.3 is 5.97 Å². The Morgan fingerprint density at radius 3 is 2.12 bits per heavy atom. The fraction of sp³-hybridized carbons (Fsp3) is 0. The number of ether oxygens (including phenoxy) is 1. The van der Waals surface area contributed by atoms with E-state index in [4.69, 9.17) is 27.9 Å². The average Bonchev–Trinajstić information content (AvgIpc) is 2.59. The zero-order valence-electron chi connectivity index (χ0n) is 12.3. The third-order valence-electron chi connectivity index (χ3n) is 3.39. The van der Waals surface area contributed by atoms with E-state index in [1.807, 2.05) is 42.5 Å². The van der Waals surface area contributed by atoms with Crippen LogP contribution in [0.3, 0.4) is 0 Å². The molecule has 0 spiro atoms. The average molecular weight is 422 g/mol. The lowest BCUT2D eigenvalue weighted by molar-refractivity contribution is 0.0733. The molecule has 0 amide bonds. The molecule has 0 atom stereocenters. The largest absolute Gasteiger partial charge is 0.420 e. The second-order valence-corrected chi connectivity index (χ2v) is 6.73. The van der Waals surface area contributed by atoms with E-state index in [9.17, 15) is 4.79 Å². The maximum Gasteiger partial charge on any atom is 0.343 e. The quantitative estimate of drug-likeness (QED) is 0.349. The summed E-state index contributed by atoms with van der Waals surface area (Å²) in [5.41, 5.74) is 2.55. The van der Waals surface area contributed by atoms with Crippen LogP contribution >= 0.6 is 39.1 Å². The molecule has 2 nitrogen and oxygen atoms in total. The van der Waals surface area contributed by atoms with Crippen molar-refractivity contribution >= 4 is 45.1 Å². The summed E-state index contributed by atoms with van der Waals surface area (Å²) in [6.07, 6.45) is 0. The maximum absolute atomic E-state index is 12.3. The van der Waals surface area contributed by atoms with Crippen molar-refractivity contribution in [3.05, 3.63) is 86.8 Å². The van der Waals surface area contributed by atoms with E-state index in [0.29, 0.717) is 15.1 Å². The molecule has 0 fully saturated rings. The van der Waals surface area contributed by atoms with Crippen LogP contribution in [-0.4, -0.2) is 5.97 Å². The van der Waals surface area contributed by atoms with Gasteiger partial charge in [-0.2, -0.15) is 0 Å². The molecule has 0 heterocycles. The Hall–Kier alpha value is -1.81. The zero-order chi connectivity index (χ0) is 17.1. The number of rotatable bonds is 3. The standard InChI is InChI=1S/C19H11BrCl2O2/c20-16-10-15(21)11-17(22)18(16)24-19(23)14-8-6-13(7-9-14)12-4-2-1-3-5-12/h1-11H. The monoisotopic (exact) mass is 420 g/mol. The van der Waals surface area contributed by atoms with Crippen molar-refractivity contribution < 1.29 is 9.53 Å². The van der Waals surface area contributed by atoms with Gasteiger partial charge in [-0.25, -0.2) is 4.79 Å². The maximum atomic E-state index is 12.3. The third kappa shape index (κ3) is 3.81. The fourth-order valence-electron chi connectivity index (χ4n) is 2.21. The normalized spacial score (nSPS) is 10.5. The van der Waals surface area contributed by atoms with Crippen LogP contribution in [-0.2, 0) is 0 Å². The molecule has 0 unspecified atom stereocenters. The van der Waals surface area contributed by atoms with E-state index in [1.165, 1.54) is 6.07 Å². The Morgan fingerprint density at radius 1 is 0.875 bits per heavy atom. The van der Waals surface area contributed by atoms with Crippen LogP contribution in [0, 0.1) is 0 Å². The molecule has 0 radical (unpaired) electrons. The Morgan fingerprint density at radius 2 is 1.50 bits per heavy atom. The van der Waals surface area contributed by atoms with Crippen molar-refractivity contribution in [3.63, 3.8) is 0 Å². The van der Waals surface area contributed by atoms with Gasteiger partial charge in [0.25, 0.3) is 0 Å². The molecule has 5 heteroatoms. The Balaban J connectivity index is 1.81. The lowest BCUT2D eigenvalue weighted by atomic mass is 10.0. The van der Waals surface area contributed by atoms with Gasteiger partial charge in [-0.1, -0.05) is 65.7 Å². The second kappa shape index (κ2) is 7.39. The highest BCUT2D eigenvalue weighted by Crippen LogP contribution is 2.36. The van der Waals surface area contributed by atoms with Crippen molar-refractivity contribution in [1.82, 2.24) is 0 Å². The zero-order valence-corrected chi connectivity index (χ0v) is 15.4. The number of halogens is 3. The van der Waals surface area contributed by atoms with Crippen LogP contribution < -0.4 is 4.74 Å². The molecule has 0 N–H and O–H groups in total. The molecule has 0 aliphatic rings. The molecule has 24 heavy (non-hydrogen) atoms. The number of benzene rings is 3. The van der Waals surface area contributed by atoms with Gasteiger partial charge in [0, 0.05) is 5.02 Å². The van der Waals surface area contributed by atoms with Crippen LogP contribution in [0.15, 0.2) is 71.2 Å². The first-order valence-corrected chi connectivity index (χ1v) is 8.61. The summed E-state index contributed by atoms with van der Waals surface area (Å²) in [7, 11) is 0. The van der Waals surface area contributed by atoms with Crippen LogP contribution in [0.25, 0.3) is 11.1 Å². The Kier molecular flexibility index (Phi) is 5.24. The fourth-order valence-corrected chi connectivity index (χ4v) is 3.53. The Bertz CT molecular complexity index is 855. The van der Waals surface area contributed by atoms with Gasteiger partial charge in [0.15, 0.2) is 5.75 Å². The summed E-state index contributed by atoms with van der Waals surface area (Å²) in [6.45, 7) is 0. The summed E-state index contributed by atoms with van der Waals surface area (Å²) < 4.78 is 5.91. The second-order valence-electron chi connectivity index (χ2n) is 5.03. The van der Waals surface area contributed by atoms with Crippen LogP contribution in [0.1, 0.15) is 10.4 Å². The summed E-state index contributed by atoms with van der Waals surface area (Å²) in [6, 6.07) is 20.3. The summed E-state index contributed by atoms with van der Waals surface area (Å²) in [5.74, 6) is -0.238. The molecule has 0 bridgehead atoms. The summed E-state index contributed by atoms with van der Waals surface area (Å²) in [4.78, 5) is 12.3. The van der Waals surface area contributed by atoms with Crippen molar-refractivity contribution in [2.24, 2.45) is 0 Å². The molecular weight excluding hydrogens is 411 g/mol. The number of esters is 1. The minimum atomic E-state index is -0.487. The van der Waals surface area contributed by atoms with E-state index >= 15 is 0 Å². The van der Waals surface area contributed by atoms with Crippen LogP contribution in [0.4, 0.5) is 0 Å². The molecule has 0 saturated heterocycles. The number of hydrogen-bond donors (Lipinski definition) is 0. The molecule has 0 aliphatic carbocycles. The molecule has 0 aromatic heterocycles. The van der Waals surface area contributed by atoms with Gasteiger partial charge in [-0.3, -0.25) is 0 Å². The van der Waals surface area contributed by atoms with Gasteiger partial charge < -0.3 is 4.74 Å². The highest BCUT2D eigenvalue weighted by atomic mass is 79.9. The molecule has 3 aromatic carbocycles. The van der Waals surface area contributed by atoms with Gasteiger partial charge in [0.2, 0.25) is 0 Å². The molecular formula is C19H11BrCl2O2. The predicted octanol–water partition coefficient (Wildman–Crippen LogP) is 6.64. The topological polar surface area (TPSA) is 26.3 Å². The van der Waals surface area contributed by atoms with Crippen molar-refractivity contribution in [2.75, 3.05) is 0 Å². The predicted molar refractivity (Wildman–Crippen MR) is 101 cm³/mol. The van der Waals surface area contributed by atoms with Crippen LogP contribution in [0.5, 0.6) is 5.75 Å². The first-order chi connectivity index (χ1) is 11.5. The SMILES string of the molecule is O=C(Oc1c(Cl)cc(Cl)cc1Br)c1ccc(-c2ccccc2)cc1. The minimum absolute atomic E-state index is 0.248. The highest BCUT2D eigenvalue weighted by molar-refractivity contribution is 9.10. The molecule has 3 aromatic rings. The first kappa shape index (κ1) is 17.0. The summed E-state index contributed by atoms with van der Waals surface area (Å²) in [5, 5.41) is 0.725. The number of carbonyl (C=O) groups excluding carboxylic acids is 1. The smallest absolute Gasteiger partial charge is 0.343 e. The summed E-state index contributed by atoms with van der Waals surface area (Å²) >= 11 is 15.3. The van der Waals surface area contributed by atoms with Crippen LogP contribution in [0.2, 0.25) is 10.0 Å². The minimum Gasteiger partial charge on any atom is -0.420 e. The van der Waals surface area contributed by atoms with Crippen molar-refractivity contribution in [2.45, 2.75) is 0 Å². The molecule has 3 rings (SSSR count). The highest BCUT2D eigenvalue weighted by Gasteiger charge is 2.15. The molecule has 0 aliphatic heterocycles. The van der Waals surface area contributed by atoms with Gasteiger partial charge in [0.1, 0.15) is 0 Å². The lowest BCUT2D eigenvalue weighted by Gasteiger charge is -2.09. The van der Waals surface area contributed by atoms with Crippen molar-refractivity contribution in [1.29, 1.82) is 0 Å². The van der Waals surface area contributed by atoms with E-state index in [1.54, 1.807) is 18.2 Å². The number of carbonyl (C=O) groups is 1. The van der Waals surface area contributed by atoms with E-state index in [2.05, 4.69) is 15.9 Å². The molecule has 0 saturated carbocycles. The first-order valence-electron chi connectivity index (χ1n) is 7.07. The number of hydrogen-bond acceptors (Lipinski definition) is 2. The van der Waals surface area contributed by atoms with Gasteiger partial charge in [-0.05, 0) is 51.3 Å². The van der Waals surface area contributed by atoms with E-state index in [-0.39, 0.29) is 10.8 Å². The van der Waals surface area contributed by atoms with E-state index < -0.39 is 5.97 Å². The van der Waals surface area contributed by atoms with Gasteiger partial charge in [0.05, 0.1) is 15.1 Å². The third-order valence-corrected chi connectivity index (χ3v) is 4.47. The van der Waals surface area contributed by atoms with Crippen molar-refractivity contribution in [3.8, 4) is 16.9 Å². The molecule has 120 valence electrons. The Labute approximate surface area is 158 Å². The van der Waals surface area contributed by atoms with E-state index in [0.717, 1.165) is 11.1 Å².